The fraction of sp³-hybridized carbons (Fsp3) is 0.111. The van der Waals surface area contributed by atoms with Gasteiger partial charge in [-0.15, -0.1) is 10.2 Å². The molecule has 82 valence electrons. The van der Waals surface area contributed by atoms with Gasteiger partial charge in [0.2, 0.25) is 0 Å². The molecule has 0 aliphatic heterocycles. The van der Waals surface area contributed by atoms with Crippen LogP contribution in [0.15, 0.2) is 34.7 Å². The minimum atomic E-state index is -0.0322. The normalized spacial score (nSPS) is 10.3. The number of aromatic nitrogens is 4. The molecule has 2 aromatic heterocycles. The van der Waals surface area contributed by atoms with Crippen molar-refractivity contribution in [2.24, 2.45) is 12.8 Å². The molecule has 0 atom stereocenters. The van der Waals surface area contributed by atoms with E-state index in [1.807, 2.05) is 17.7 Å². The summed E-state index contributed by atoms with van der Waals surface area (Å²) in [5, 5.41) is 15.7. The predicted octanol–water partition coefficient (Wildman–Crippen LogP) is 0.645. The first kappa shape index (κ1) is 10.6. The van der Waals surface area contributed by atoms with E-state index in [4.69, 9.17) is 11.1 Å². The van der Waals surface area contributed by atoms with Crippen LogP contribution in [0.4, 0.5) is 0 Å². The Hall–Kier alpha value is -1.89. The topological polar surface area (TPSA) is 93.5 Å². The maximum atomic E-state index is 7.22. The molecule has 6 nitrogen and oxygen atoms in total. The van der Waals surface area contributed by atoms with Crippen LogP contribution in [-0.2, 0) is 7.05 Å². The van der Waals surface area contributed by atoms with E-state index in [9.17, 15) is 0 Å². The third kappa shape index (κ3) is 2.19. The first-order chi connectivity index (χ1) is 7.66. The molecule has 0 spiro atoms. The summed E-state index contributed by atoms with van der Waals surface area (Å²) in [6, 6.07) is 3.56. The Labute approximate surface area is 96.4 Å². The Morgan fingerprint density at radius 3 is 2.81 bits per heavy atom. The fourth-order valence-electron chi connectivity index (χ4n) is 1.07. The lowest BCUT2D eigenvalue weighted by molar-refractivity contribution is 0.788. The molecule has 0 fully saturated rings. The van der Waals surface area contributed by atoms with Gasteiger partial charge in [-0.05, 0) is 23.9 Å². The Morgan fingerprint density at radius 2 is 2.31 bits per heavy atom. The van der Waals surface area contributed by atoms with Crippen LogP contribution >= 0.6 is 11.8 Å². The van der Waals surface area contributed by atoms with Gasteiger partial charge in [-0.25, -0.2) is 0 Å². The van der Waals surface area contributed by atoms with Gasteiger partial charge in [0.15, 0.2) is 5.16 Å². The van der Waals surface area contributed by atoms with E-state index >= 15 is 0 Å². The van der Waals surface area contributed by atoms with E-state index in [0.29, 0.717) is 5.69 Å². The second kappa shape index (κ2) is 4.31. The number of aryl methyl sites for hydroxylation is 1. The van der Waals surface area contributed by atoms with Crippen LogP contribution in [0.1, 0.15) is 5.69 Å². The van der Waals surface area contributed by atoms with E-state index in [1.54, 1.807) is 18.6 Å². The molecule has 7 heteroatoms. The Morgan fingerprint density at radius 1 is 1.50 bits per heavy atom. The zero-order valence-electron chi connectivity index (χ0n) is 8.58. The number of nitrogen functional groups attached to an aromatic ring is 1. The van der Waals surface area contributed by atoms with Crippen LogP contribution in [-0.4, -0.2) is 25.6 Å². The largest absolute Gasteiger partial charge is 0.382 e. The molecule has 2 heterocycles. The summed E-state index contributed by atoms with van der Waals surface area (Å²) in [4.78, 5) is 4.99. The summed E-state index contributed by atoms with van der Waals surface area (Å²) in [5.41, 5.74) is 5.79. The van der Waals surface area contributed by atoms with Gasteiger partial charge in [-0.3, -0.25) is 10.4 Å². The third-order valence-corrected chi connectivity index (χ3v) is 2.92. The van der Waals surface area contributed by atoms with Crippen LogP contribution < -0.4 is 5.73 Å². The predicted molar refractivity (Wildman–Crippen MR) is 60.4 cm³/mol. The third-order valence-electron chi connectivity index (χ3n) is 1.89. The van der Waals surface area contributed by atoms with Crippen molar-refractivity contribution in [3.05, 3.63) is 30.4 Å². The summed E-state index contributed by atoms with van der Waals surface area (Å²) in [6.45, 7) is 0. The summed E-state index contributed by atoms with van der Waals surface area (Å²) in [6.07, 6.45) is 3.30. The SMILES string of the molecule is Cn1cnnc1Sc1ccc(C(=N)N)nc1. The number of amidine groups is 1. The number of hydrogen-bond donors (Lipinski definition) is 2. The highest BCUT2D eigenvalue weighted by atomic mass is 32.2. The number of hydrogen-bond acceptors (Lipinski definition) is 5. The highest BCUT2D eigenvalue weighted by Gasteiger charge is 2.04. The maximum absolute atomic E-state index is 7.22. The van der Waals surface area contributed by atoms with E-state index in [-0.39, 0.29) is 5.84 Å². The van der Waals surface area contributed by atoms with Crippen molar-refractivity contribution >= 4 is 17.6 Å². The Balaban J connectivity index is 2.17. The van der Waals surface area contributed by atoms with Crippen molar-refractivity contribution in [1.82, 2.24) is 19.7 Å². The number of pyridine rings is 1. The van der Waals surface area contributed by atoms with Crippen LogP contribution in [0.2, 0.25) is 0 Å². The average molecular weight is 234 g/mol. The van der Waals surface area contributed by atoms with Crippen LogP contribution in [0.3, 0.4) is 0 Å². The molecule has 0 bridgehead atoms. The first-order valence-electron chi connectivity index (χ1n) is 4.49. The quantitative estimate of drug-likeness (QED) is 0.600. The minimum Gasteiger partial charge on any atom is -0.382 e. The monoisotopic (exact) mass is 234 g/mol. The highest BCUT2D eigenvalue weighted by Crippen LogP contribution is 2.24. The molecule has 0 unspecified atom stereocenters. The average Bonchev–Trinajstić information content (AvgIpc) is 2.65. The van der Waals surface area contributed by atoms with E-state index in [1.165, 1.54) is 11.8 Å². The smallest absolute Gasteiger partial charge is 0.195 e. The molecule has 0 amide bonds. The van der Waals surface area contributed by atoms with Gasteiger partial charge >= 0.3 is 0 Å². The number of nitrogens with zero attached hydrogens (tertiary/aromatic N) is 4. The second-order valence-corrected chi connectivity index (χ2v) is 4.16. The summed E-state index contributed by atoms with van der Waals surface area (Å²) >= 11 is 1.46. The molecule has 0 aliphatic rings. The maximum Gasteiger partial charge on any atom is 0.195 e. The first-order valence-corrected chi connectivity index (χ1v) is 5.31. The Kier molecular flexibility index (Phi) is 2.86. The van der Waals surface area contributed by atoms with Crippen molar-refractivity contribution in [3.63, 3.8) is 0 Å². The zero-order valence-corrected chi connectivity index (χ0v) is 9.40. The molecular formula is C9H10N6S. The van der Waals surface area contributed by atoms with Gasteiger partial charge in [0.05, 0.1) is 0 Å². The lowest BCUT2D eigenvalue weighted by Gasteiger charge is -2.01. The molecular weight excluding hydrogens is 224 g/mol. The van der Waals surface area contributed by atoms with Crippen molar-refractivity contribution in [2.75, 3.05) is 0 Å². The second-order valence-electron chi connectivity index (χ2n) is 3.12. The lowest BCUT2D eigenvalue weighted by atomic mass is 10.3. The highest BCUT2D eigenvalue weighted by molar-refractivity contribution is 7.99. The molecule has 0 aliphatic carbocycles. The lowest BCUT2D eigenvalue weighted by Crippen LogP contribution is -2.12. The summed E-state index contributed by atoms with van der Waals surface area (Å²) in [7, 11) is 1.87. The molecule has 3 N–H and O–H groups in total. The van der Waals surface area contributed by atoms with Crippen LogP contribution in [0, 0.1) is 5.41 Å². The van der Waals surface area contributed by atoms with Crippen molar-refractivity contribution < 1.29 is 0 Å². The zero-order chi connectivity index (χ0) is 11.5. The van der Waals surface area contributed by atoms with Gasteiger partial charge in [0, 0.05) is 18.1 Å². The summed E-state index contributed by atoms with van der Waals surface area (Å²) < 4.78 is 1.82. The molecule has 0 radical (unpaired) electrons. The standard InChI is InChI=1S/C9H10N6S/c1-15-5-13-14-9(15)16-6-2-3-7(8(10)11)12-4-6/h2-5H,1H3,(H3,10,11). The summed E-state index contributed by atoms with van der Waals surface area (Å²) in [5.74, 6) is -0.0322. The minimum absolute atomic E-state index is 0.0322. The van der Waals surface area contributed by atoms with Crippen molar-refractivity contribution in [2.45, 2.75) is 10.1 Å². The van der Waals surface area contributed by atoms with Gasteiger partial charge < -0.3 is 10.3 Å². The van der Waals surface area contributed by atoms with Gasteiger partial charge in [-0.1, -0.05) is 0 Å². The van der Waals surface area contributed by atoms with Gasteiger partial charge in [0.25, 0.3) is 0 Å². The Bertz CT molecular complexity index is 503. The van der Waals surface area contributed by atoms with Crippen LogP contribution in [0.25, 0.3) is 0 Å². The molecule has 2 aromatic rings. The van der Waals surface area contributed by atoms with Gasteiger partial charge in [-0.2, -0.15) is 0 Å². The van der Waals surface area contributed by atoms with Gasteiger partial charge in [0.1, 0.15) is 17.9 Å². The molecule has 0 saturated carbocycles. The molecule has 2 rings (SSSR count). The van der Waals surface area contributed by atoms with Crippen molar-refractivity contribution in [1.29, 1.82) is 5.41 Å². The fourth-order valence-corrected chi connectivity index (χ4v) is 1.80. The molecule has 0 saturated heterocycles. The number of nitrogens with one attached hydrogen (secondary N) is 1. The van der Waals surface area contributed by atoms with E-state index in [0.717, 1.165) is 10.1 Å². The molecule has 0 aromatic carbocycles. The number of rotatable bonds is 3. The van der Waals surface area contributed by atoms with Crippen LogP contribution in [0.5, 0.6) is 0 Å². The van der Waals surface area contributed by atoms with Crippen molar-refractivity contribution in [3.8, 4) is 0 Å². The van der Waals surface area contributed by atoms with E-state index < -0.39 is 0 Å². The molecule has 16 heavy (non-hydrogen) atoms. The number of nitrogens with two attached hydrogens (primary N) is 1. The van der Waals surface area contributed by atoms with E-state index in [2.05, 4.69) is 15.2 Å².